The Bertz CT molecular complexity index is 313. The van der Waals surface area contributed by atoms with E-state index in [1.54, 1.807) is 0 Å². The molecule has 0 aromatic rings. The second kappa shape index (κ2) is 5.82. The summed E-state index contributed by atoms with van der Waals surface area (Å²) < 4.78 is 0. The number of likely N-dealkylation sites (tertiary alicyclic amines) is 1. The number of carbonyl (C=O) groups is 1. The molecule has 110 valence electrons. The number of hydrogen-bond donors (Lipinski definition) is 1. The van der Waals surface area contributed by atoms with E-state index in [1.807, 2.05) is 4.90 Å². The number of nitrogens with zero attached hydrogens (tertiary/aromatic N) is 1. The van der Waals surface area contributed by atoms with Crippen LogP contribution in [0.25, 0.3) is 0 Å². The highest BCUT2D eigenvalue weighted by molar-refractivity contribution is 5.79. The SMILES string of the molecule is CC(C)(C)C1CCC(C(=O)N2CCC[C@H]2CO)CC1. The first kappa shape index (κ1) is 14.8. The van der Waals surface area contributed by atoms with Crippen molar-refractivity contribution in [2.45, 2.75) is 65.3 Å². The zero-order valence-corrected chi connectivity index (χ0v) is 12.7. The van der Waals surface area contributed by atoms with Crippen LogP contribution in [0.4, 0.5) is 0 Å². The van der Waals surface area contributed by atoms with Gasteiger partial charge in [-0.15, -0.1) is 0 Å². The molecule has 1 saturated carbocycles. The molecule has 1 saturated heterocycles. The number of aliphatic hydroxyl groups is 1. The van der Waals surface area contributed by atoms with Crippen molar-refractivity contribution in [3.8, 4) is 0 Å². The van der Waals surface area contributed by atoms with Gasteiger partial charge in [0.15, 0.2) is 0 Å². The van der Waals surface area contributed by atoms with Crippen LogP contribution in [0.3, 0.4) is 0 Å². The van der Waals surface area contributed by atoms with Gasteiger partial charge in [-0.2, -0.15) is 0 Å². The Hall–Kier alpha value is -0.570. The minimum absolute atomic E-state index is 0.0906. The lowest BCUT2D eigenvalue weighted by Gasteiger charge is -2.38. The van der Waals surface area contributed by atoms with Gasteiger partial charge < -0.3 is 10.0 Å². The highest BCUT2D eigenvalue weighted by atomic mass is 16.3. The van der Waals surface area contributed by atoms with Crippen LogP contribution in [0, 0.1) is 17.3 Å². The predicted molar refractivity (Wildman–Crippen MR) is 76.7 cm³/mol. The summed E-state index contributed by atoms with van der Waals surface area (Å²) in [6.07, 6.45) is 6.45. The van der Waals surface area contributed by atoms with Crippen LogP contribution in [-0.4, -0.2) is 35.1 Å². The highest BCUT2D eigenvalue weighted by Crippen LogP contribution is 2.40. The molecular formula is C16H29NO2. The lowest BCUT2D eigenvalue weighted by Crippen LogP contribution is -2.42. The maximum atomic E-state index is 12.5. The van der Waals surface area contributed by atoms with E-state index < -0.39 is 0 Å². The van der Waals surface area contributed by atoms with Gasteiger partial charge in [0, 0.05) is 12.5 Å². The van der Waals surface area contributed by atoms with Crippen molar-refractivity contribution in [3.05, 3.63) is 0 Å². The smallest absolute Gasteiger partial charge is 0.226 e. The average Bonchev–Trinajstić information content (AvgIpc) is 2.85. The molecule has 0 bridgehead atoms. The molecule has 1 amide bonds. The molecule has 2 rings (SSSR count). The van der Waals surface area contributed by atoms with Gasteiger partial charge in [0.05, 0.1) is 12.6 Å². The first-order chi connectivity index (χ1) is 8.93. The number of hydrogen-bond acceptors (Lipinski definition) is 2. The van der Waals surface area contributed by atoms with E-state index >= 15 is 0 Å². The first-order valence-electron chi connectivity index (χ1n) is 7.85. The summed E-state index contributed by atoms with van der Waals surface area (Å²) in [5.74, 6) is 1.28. The average molecular weight is 267 g/mol. The predicted octanol–water partition coefficient (Wildman–Crippen LogP) is 2.82. The molecule has 3 heteroatoms. The number of aliphatic hydroxyl groups excluding tert-OH is 1. The summed E-state index contributed by atoms with van der Waals surface area (Å²) in [7, 11) is 0. The lowest BCUT2D eigenvalue weighted by molar-refractivity contribution is -0.138. The van der Waals surface area contributed by atoms with E-state index in [1.165, 1.54) is 12.8 Å². The lowest BCUT2D eigenvalue weighted by atomic mass is 9.69. The van der Waals surface area contributed by atoms with Crippen molar-refractivity contribution in [3.63, 3.8) is 0 Å². The van der Waals surface area contributed by atoms with E-state index in [0.717, 1.165) is 38.1 Å². The summed E-state index contributed by atoms with van der Waals surface area (Å²) >= 11 is 0. The molecule has 0 radical (unpaired) electrons. The van der Waals surface area contributed by atoms with E-state index in [9.17, 15) is 9.90 Å². The van der Waals surface area contributed by atoms with Crippen molar-refractivity contribution in [2.75, 3.05) is 13.2 Å². The van der Waals surface area contributed by atoms with E-state index in [2.05, 4.69) is 20.8 Å². The highest BCUT2D eigenvalue weighted by Gasteiger charge is 2.36. The van der Waals surface area contributed by atoms with Gasteiger partial charge in [-0.05, 0) is 49.9 Å². The molecule has 0 unspecified atom stereocenters. The molecule has 2 aliphatic rings. The summed E-state index contributed by atoms with van der Waals surface area (Å²) in [6.45, 7) is 7.90. The van der Waals surface area contributed by atoms with Crippen LogP contribution >= 0.6 is 0 Å². The second-order valence-corrected chi connectivity index (χ2v) is 7.42. The van der Waals surface area contributed by atoms with Gasteiger partial charge in [0.25, 0.3) is 0 Å². The monoisotopic (exact) mass is 267 g/mol. The van der Waals surface area contributed by atoms with Gasteiger partial charge in [-0.25, -0.2) is 0 Å². The van der Waals surface area contributed by atoms with Crippen molar-refractivity contribution in [1.29, 1.82) is 0 Å². The maximum absolute atomic E-state index is 12.5. The Balaban J connectivity index is 1.89. The Kier molecular flexibility index (Phi) is 4.54. The van der Waals surface area contributed by atoms with E-state index in [-0.39, 0.29) is 18.6 Å². The fourth-order valence-electron chi connectivity index (χ4n) is 3.76. The van der Waals surface area contributed by atoms with Gasteiger partial charge in [-0.3, -0.25) is 4.79 Å². The van der Waals surface area contributed by atoms with Gasteiger partial charge in [0.2, 0.25) is 5.91 Å². The molecule has 19 heavy (non-hydrogen) atoms. The maximum Gasteiger partial charge on any atom is 0.226 e. The largest absolute Gasteiger partial charge is 0.394 e. The standard InChI is InChI=1S/C16H29NO2/c1-16(2,3)13-8-6-12(7-9-13)15(19)17-10-4-5-14(17)11-18/h12-14,18H,4-11H2,1-3H3/t12?,13?,14-/m0/s1. The van der Waals surface area contributed by atoms with E-state index in [4.69, 9.17) is 0 Å². The molecule has 3 nitrogen and oxygen atoms in total. The molecule has 0 aromatic carbocycles. The fraction of sp³-hybridized carbons (Fsp3) is 0.938. The zero-order valence-electron chi connectivity index (χ0n) is 12.7. The summed E-state index contributed by atoms with van der Waals surface area (Å²) in [4.78, 5) is 14.5. The van der Waals surface area contributed by atoms with Crippen LogP contribution in [0.1, 0.15) is 59.3 Å². The van der Waals surface area contributed by atoms with Gasteiger partial charge in [-0.1, -0.05) is 20.8 Å². The summed E-state index contributed by atoms with van der Waals surface area (Å²) in [6, 6.07) is 0.0906. The Morgan fingerprint density at radius 2 is 1.79 bits per heavy atom. The number of amides is 1. The molecular weight excluding hydrogens is 238 g/mol. The van der Waals surface area contributed by atoms with Crippen LogP contribution in [0.15, 0.2) is 0 Å². The van der Waals surface area contributed by atoms with Gasteiger partial charge in [0.1, 0.15) is 0 Å². The molecule has 2 fully saturated rings. The van der Waals surface area contributed by atoms with Gasteiger partial charge >= 0.3 is 0 Å². The minimum atomic E-state index is 0.0906. The number of rotatable bonds is 2. The second-order valence-electron chi connectivity index (χ2n) is 7.42. The third kappa shape index (κ3) is 3.31. The number of carbonyl (C=O) groups excluding carboxylic acids is 1. The Morgan fingerprint density at radius 1 is 1.16 bits per heavy atom. The zero-order chi connectivity index (χ0) is 14.0. The Labute approximate surface area is 117 Å². The molecule has 1 aliphatic heterocycles. The fourth-order valence-corrected chi connectivity index (χ4v) is 3.76. The molecule has 1 N–H and O–H groups in total. The minimum Gasteiger partial charge on any atom is -0.394 e. The molecule has 1 heterocycles. The van der Waals surface area contributed by atoms with Crippen LogP contribution in [-0.2, 0) is 4.79 Å². The van der Waals surface area contributed by atoms with Crippen molar-refractivity contribution >= 4 is 5.91 Å². The molecule has 1 atom stereocenters. The molecule has 0 spiro atoms. The van der Waals surface area contributed by atoms with Crippen LogP contribution in [0.5, 0.6) is 0 Å². The summed E-state index contributed by atoms with van der Waals surface area (Å²) in [5.41, 5.74) is 0.370. The quantitative estimate of drug-likeness (QED) is 0.836. The van der Waals surface area contributed by atoms with Crippen LogP contribution < -0.4 is 0 Å². The van der Waals surface area contributed by atoms with E-state index in [0.29, 0.717) is 11.3 Å². The third-order valence-corrected chi connectivity index (χ3v) is 5.17. The van der Waals surface area contributed by atoms with Crippen molar-refractivity contribution in [1.82, 2.24) is 4.90 Å². The Morgan fingerprint density at radius 3 is 2.32 bits per heavy atom. The van der Waals surface area contributed by atoms with Crippen LogP contribution in [0.2, 0.25) is 0 Å². The summed E-state index contributed by atoms with van der Waals surface area (Å²) in [5, 5.41) is 9.34. The first-order valence-corrected chi connectivity index (χ1v) is 7.85. The normalized spacial score (nSPS) is 32.6. The molecule has 0 aromatic heterocycles. The van der Waals surface area contributed by atoms with Crippen molar-refractivity contribution < 1.29 is 9.90 Å². The topological polar surface area (TPSA) is 40.5 Å². The van der Waals surface area contributed by atoms with Crippen molar-refractivity contribution in [2.24, 2.45) is 17.3 Å². The third-order valence-electron chi connectivity index (χ3n) is 5.17. The molecule has 1 aliphatic carbocycles.